The molecular formula is C12H12N4O7. The van der Waals surface area contributed by atoms with E-state index < -0.39 is 33.1 Å². The van der Waals surface area contributed by atoms with Crippen molar-refractivity contribution in [2.24, 2.45) is 0 Å². The molecule has 11 heteroatoms. The van der Waals surface area contributed by atoms with E-state index in [0.29, 0.717) is 0 Å². The lowest BCUT2D eigenvalue weighted by atomic mass is 10.2. The van der Waals surface area contributed by atoms with Crippen molar-refractivity contribution < 1.29 is 24.2 Å². The first-order valence-electron chi connectivity index (χ1n) is 6.18. The van der Waals surface area contributed by atoms with Gasteiger partial charge in [0.1, 0.15) is 5.69 Å². The van der Waals surface area contributed by atoms with Crippen molar-refractivity contribution in [3.8, 4) is 0 Å². The third kappa shape index (κ3) is 5.41. The number of benzene rings is 1. The van der Waals surface area contributed by atoms with Crippen LogP contribution in [0.1, 0.15) is 6.92 Å². The molecule has 11 nitrogen and oxygen atoms in total. The molecule has 23 heavy (non-hydrogen) atoms. The Morgan fingerprint density at radius 1 is 1.22 bits per heavy atom. The van der Waals surface area contributed by atoms with Crippen LogP contribution in [0, 0.1) is 20.2 Å². The number of hydrogen-bond donors (Lipinski definition) is 2. The van der Waals surface area contributed by atoms with Crippen molar-refractivity contribution in [2.75, 3.05) is 12.0 Å². The molecule has 0 heterocycles. The normalized spacial score (nSPS) is 10.1. The molecule has 122 valence electrons. The van der Waals surface area contributed by atoms with Gasteiger partial charge in [-0.05, 0) is 13.0 Å². The third-order valence-corrected chi connectivity index (χ3v) is 2.37. The molecule has 0 unspecified atom stereocenters. The van der Waals surface area contributed by atoms with Crippen molar-refractivity contribution in [3.63, 3.8) is 0 Å². The summed E-state index contributed by atoms with van der Waals surface area (Å²) in [6.45, 7) is 1.75. The number of amides is 1. The summed E-state index contributed by atoms with van der Waals surface area (Å²) in [5, 5.41) is 21.5. The van der Waals surface area contributed by atoms with E-state index in [4.69, 9.17) is 0 Å². The molecule has 1 aromatic carbocycles. The maximum atomic E-state index is 11.4. The standard InChI is InChI=1S/C12H12N4O7/c1-2-23-12(18)6-5-11(17)14-13-9-4-3-8(15(19)20)7-10(9)16(21)22/h3-7,13H,2H2,1H3,(H,14,17)/b6-5+. The molecule has 0 atom stereocenters. The second-order valence-corrected chi connectivity index (χ2v) is 3.92. The lowest BCUT2D eigenvalue weighted by molar-refractivity contribution is -0.393. The second-order valence-electron chi connectivity index (χ2n) is 3.92. The van der Waals surface area contributed by atoms with Gasteiger partial charge in [0.05, 0.1) is 22.5 Å². The minimum Gasteiger partial charge on any atom is -0.463 e. The lowest BCUT2D eigenvalue weighted by Gasteiger charge is -2.06. The Kier molecular flexibility index (Phi) is 6.16. The zero-order valence-corrected chi connectivity index (χ0v) is 11.8. The molecule has 0 aromatic heterocycles. The van der Waals surface area contributed by atoms with Crippen molar-refractivity contribution in [2.45, 2.75) is 6.92 Å². The van der Waals surface area contributed by atoms with Crippen LogP contribution in [-0.2, 0) is 14.3 Å². The van der Waals surface area contributed by atoms with Crippen LogP contribution < -0.4 is 10.9 Å². The van der Waals surface area contributed by atoms with Crippen LogP contribution in [0.2, 0.25) is 0 Å². The number of anilines is 1. The number of carbonyl (C=O) groups excluding carboxylic acids is 2. The van der Waals surface area contributed by atoms with Gasteiger partial charge >= 0.3 is 11.7 Å². The molecule has 0 saturated carbocycles. The van der Waals surface area contributed by atoms with Crippen LogP contribution in [-0.4, -0.2) is 28.3 Å². The fourth-order valence-corrected chi connectivity index (χ4v) is 1.40. The van der Waals surface area contributed by atoms with Gasteiger partial charge in [0.25, 0.3) is 11.6 Å². The van der Waals surface area contributed by atoms with E-state index in [-0.39, 0.29) is 12.3 Å². The van der Waals surface area contributed by atoms with E-state index in [9.17, 15) is 29.8 Å². The van der Waals surface area contributed by atoms with E-state index in [1.54, 1.807) is 6.92 Å². The van der Waals surface area contributed by atoms with Crippen LogP contribution in [0.3, 0.4) is 0 Å². The van der Waals surface area contributed by atoms with E-state index in [0.717, 1.165) is 30.4 Å². The number of nitrogens with one attached hydrogen (secondary N) is 2. The van der Waals surface area contributed by atoms with Gasteiger partial charge in [-0.15, -0.1) is 0 Å². The van der Waals surface area contributed by atoms with E-state index in [1.165, 1.54) is 0 Å². The zero-order chi connectivity index (χ0) is 17.4. The highest BCUT2D eigenvalue weighted by molar-refractivity contribution is 5.95. The summed E-state index contributed by atoms with van der Waals surface area (Å²) in [6, 6.07) is 2.87. The highest BCUT2D eigenvalue weighted by atomic mass is 16.6. The van der Waals surface area contributed by atoms with Gasteiger partial charge in [0.2, 0.25) is 0 Å². The summed E-state index contributed by atoms with van der Waals surface area (Å²) in [5.41, 5.74) is 3.13. The number of nitrogens with zero attached hydrogens (tertiary/aromatic N) is 2. The Bertz CT molecular complexity index is 671. The monoisotopic (exact) mass is 324 g/mol. The molecule has 0 aliphatic rings. The Hall–Kier alpha value is -3.50. The molecule has 0 spiro atoms. The first-order valence-corrected chi connectivity index (χ1v) is 6.18. The summed E-state index contributed by atoms with van der Waals surface area (Å²) in [4.78, 5) is 42.3. The highest BCUT2D eigenvalue weighted by Gasteiger charge is 2.19. The first-order chi connectivity index (χ1) is 10.8. The molecule has 1 rings (SSSR count). The second kappa shape index (κ2) is 8.07. The van der Waals surface area contributed by atoms with Crippen LogP contribution >= 0.6 is 0 Å². The summed E-state index contributed by atoms with van der Waals surface area (Å²) in [7, 11) is 0. The van der Waals surface area contributed by atoms with Gasteiger partial charge in [0.15, 0.2) is 0 Å². The Labute approximate surface area is 129 Å². The van der Waals surface area contributed by atoms with Gasteiger partial charge < -0.3 is 4.74 Å². The minimum absolute atomic E-state index is 0.151. The van der Waals surface area contributed by atoms with E-state index in [1.807, 2.05) is 0 Å². The Balaban J connectivity index is 2.77. The number of hydrogen-bond acceptors (Lipinski definition) is 8. The van der Waals surface area contributed by atoms with E-state index in [2.05, 4.69) is 15.6 Å². The predicted octanol–water partition coefficient (Wildman–Crippen LogP) is 1.07. The van der Waals surface area contributed by atoms with Crippen LogP contribution in [0.25, 0.3) is 0 Å². The van der Waals surface area contributed by atoms with Gasteiger partial charge in [-0.25, -0.2) is 4.79 Å². The fraction of sp³-hybridized carbons (Fsp3) is 0.167. The lowest BCUT2D eigenvalue weighted by Crippen LogP contribution is -2.28. The summed E-state index contributed by atoms with van der Waals surface area (Å²) in [6.07, 6.45) is 1.74. The number of carbonyl (C=O) groups is 2. The summed E-state index contributed by atoms with van der Waals surface area (Å²) in [5.74, 6) is -1.49. The van der Waals surface area contributed by atoms with Crippen molar-refractivity contribution >= 4 is 28.9 Å². The summed E-state index contributed by atoms with van der Waals surface area (Å²) >= 11 is 0. The largest absolute Gasteiger partial charge is 0.463 e. The molecule has 0 radical (unpaired) electrons. The number of nitro groups is 2. The van der Waals surface area contributed by atoms with Crippen molar-refractivity contribution in [3.05, 3.63) is 50.6 Å². The molecule has 0 aliphatic heterocycles. The number of nitro benzene ring substituents is 2. The number of esters is 1. The highest BCUT2D eigenvalue weighted by Crippen LogP contribution is 2.28. The molecule has 0 aliphatic carbocycles. The Morgan fingerprint density at radius 2 is 1.91 bits per heavy atom. The minimum atomic E-state index is -0.837. The van der Waals surface area contributed by atoms with Gasteiger partial charge in [0, 0.05) is 18.2 Å². The summed E-state index contributed by atoms with van der Waals surface area (Å²) < 4.78 is 4.56. The topological polar surface area (TPSA) is 154 Å². The molecule has 0 saturated heterocycles. The quantitative estimate of drug-likeness (QED) is 0.326. The Morgan fingerprint density at radius 3 is 2.48 bits per heavy atom. The van der Waals surface area contributed by atoms with Crippen LogP contribution in [0.5, 0.6) is 0 Å². The molecular weight excluding hydrogens is 312 g/mol. The third-order valence-electron chi connectivity index (χ3n) is 2.37. The van der Waals surface area contributed by atoms with Crippen LogP contribution in [0.15, 0.2) is 30.4 Å². The number of ether oxygens (including phenoxy) is 1. The van der Waals surface area contributed by atoms with Crippen molar-refractivity contribution in [1.82, 2.24) is 5.43 Å². The first kappa shape index (κ1) is 17.6. The van der Waals surface area contributed by atoms with Crippen LogP contribution in [0.4, 0.5) is 17.1 Å². The molecule has 1 amide bonds. The molecule has 0 bridgehead atoms. The van der Waals surface area contributed by atoms with Gasteiger partial charge in [-0.2, -0.15) is 0 Å². The average molecular weight is 324 g/mol. The SMILES string of the molecule is CCOC(=O)/C=C/C(=O)NNc1ccc([N+](=O)[O-])cc1[N+](=O)[O-]. The predicted molar refractivity (Wildman–Crippen MR) is 77.3 cm³/mol. The zero-order valence-electron chi connectivity index (χ0n) is 11.8. The molecule has 1 aromatic rings. The maximum Gasteiger partial charge on any atom is 0.330 e. The number of rotatable bonds is 7. The van der Waals surface area contributed by atoms with Gasteiger partial charge in [-0.1, -0.05) is 0 Å². The molecule has 2 N–H and O–H groups in total. The smallest absolute Gasteiger partial charge is 0.330 e. The van der Waals surface area contributed by atoms with E-state index >= 15 is 0 Å². The van der Waals surface area contributed by atoms with Crippen molar-refractivity contribution in [1.29, 1.82) is 0 Å². The number of hydrazine groups is 1. The number of non-ortho nitro benzene ring substituents is 1. The fourth-order valence-electron chi connectivity index (χ4n) is 1.40. The molecule has 0 fully saturated rings. The average Bonchev–Trinajstić information content (AvgIpc) is 2.50. The maximum absolute atomic E-state index is 11.4. The van der Waals surface area contributed by atoms with Gasteiger partial charge in [-0.3, -0.25) is 35.9 Å².